The molecule has 2 heterocycles. The maximum atomic E-state index is 12.6. The molecule has 0 saturated heterocycles. The maximum absolute atomic E-state index is 12.6. The smallest absolute Gasteiger partial charge is 0.270 e. The normalized spacial score (nSPS) is 12.2. The number of nitro groups is 1. The lowest BCUT2D eigenvalue weighted by Crippen LogP contribution is -2.15. The molecule has 0 fully saturated rings. The fraction of sp³-hybridized carbons (Fsp3) is 0.0909. The van der Waals surface area contributed by atoms with Gasteiger partial charge in [-0.05, 0) is 41.6 Å². The molecule has 0 bridgehead atoms. The highest BCUT2D eigenvalue weighted by molar-refractivity contribution is 7.92. The number of nitro benzene ring substituents is 1. The third kappa shape index (κ3) is 5.33. The Morgan fingerprint density at radius 1 is 1.06 bits per heavy atom. The van der Waals surface area contributed by atoms with Crippen LogP contribution in [-0.4, -0.2) is 23.3 Å². The zero-order valence-electron chi connectivity index (χ0n) is 17.4. The standard InChI is InChI=1S/C22H19N5O4S2/c1-15(16-7-9-17(10-8-16)20-6-3-13-32-20)24-22-23-12-11-21(25-22)26-33(30,31)19-5-2-4-18(14-19)27(28)29/h2-15H,1H3,(H2,23,24,25,26). The first kappa shape index (κ1) is 22.4. The summed E-state index contributed by atoms with van der Waals surface area (Å²) in [6, 6.07) is 18.3. The number of hydrogen-bond donors (Lipinski definition) is 2. The summed E-state index contributed by atoms with van der Waals surface area (Å²) < 4.78 is 27.6. The topological polar surface area (TPSA) is 127 Å². The molecular formula is C22H19N5O4S2. The van der Waals surface area contributed by atoms with Crippen molar-refractivity contribution in [3.63, 3.8) is 0 Å². The Hall–Kier alpha value is -3.83. The van der Waals surface area contributed by atoms with E-state index in [9.17, 15) is 18.5 Å². The van der Waals surface area contributed by atoms with Crippen molar-refractivity contribution in [1.82, 2.24) is 9.97 Å². The molecule has 0 aliphatic rings. The van der Waals surface area contributed by atoms with E-state index >= 15 is 0 Å². The molecule has 168 valence electrons. The van der Waals surface area contributed by atoms with Crippen molar-refractivity contribution in [2.75, 3.05) is 10.0 Å². The molecule has 2 aromatic heterocycles. The Labute approximate surface area is 194 Å². The van der Waals surface area contributed by atoms with Crippen LogP contribution in [0.5, 0.6) is 0 Å². The number of sulfonamides is 1. The fourth-order valence-corrected chi connectivity index (χ4v) is 4.88. The van der Waals surface area contributed by atoms with Crippen LogP contribution in [0.2, 0.25) is 0 Å². The summed E-state index contributed by atoms with van der Waals surface area (Å²) >= 11 is 1.67. The van der Waals surface area contributed by atoms with E-state index in [2.05, 4.69) is 26.1 Å². The molecule has 0 amide bonds. The second-order valence-corrected chi connectivity index (χ2v) is 9.72. The number of rotatable bonds is 8. The van der Waals surface area contributed by atoms with E-state index < -0.39 is 14.9 Å². The SMILES string of the molecule is CC(Nc1nccc(NS(=O)(=O)c2cccc([N+](=O)[O-])c2)n1)c1ccc(-c2cccs2)cc1. The lowest BCUT2D eigenvalue weighted by Gasteiger charge is -2.15. The van der Waals surface area contributed by atoms with Crippen LogP contribution in [0.15, 0.2) is 83.2 Å². The van der Waals surface area contributed by atoms with Crippen LogP contribution in [0.25, 0.3) is 10.4 Å². The first-order valence-electron chi connectivity index (χ1n) is 9.82. The van der Waals surface area contributed by atoms with Gasteiger partial charge < -0.3 is 5.32 Å². The number of nitrogens with zero attached hydrogens (tertiary/aromatic N) is 3. The first-order valence-corrected chi connectivity index (χ1v) is 12.2. The Kier molecular flexibility index (Phi) is 6.33. The minimum absolute atomic E-state index is 0.0410. The second-order valence-electron chi connectivity index (χ2n) is 7.09. The van der Waals surface area contributed by atoms with E-state index in [4.69, 9.17) is 0 Å². The molecule has 0 aliphatic carbocycles. The minimum Gasteiger partial charge on any atom is -0.348 e. The van der Waals surface area contributed by atoms with Gasteiger partial charge in [0.25, 0.3) is 15.7 Å². The zero-order valence-corrected chi connectivity index (χ0v) is 19.0. The number of anilines is 2. The average Bonchev–Trinajstić information content (AvgIpc) is 3.34. The van der Waals surface area contributed by atoms with Gasteiger partial charge in [-0.2, -0.15) is 4.98 Å². The molecule has 0 radical (unpaired) electrons. The van der Waals surface area contributed by atoms with Gasteiger partial charge in [0.2, 0.25) is 5.95 Å². The predicted octanol–water partition coefficient (Wildman–Crippen LogP) is 5.09. The van der Waals surface area contributed by atoms with E-state index in [0.717, 1.165) is 17.2 Å². The largest absolute Gasteiger partial charge is 0.348 e. The van der Waals surface area contributed by atoms with Gasteiger partial charge in [0.15, 0.2) is 0 Å². The molecule has 0 aliphatic heterocycles. The highest BCUT2D eigenvalue weighted by atomic mass is 32.2. The quantitative estimate of drug-likeness (QED) is 0.265. The van der Waals surface area contributed by atoms with E-state index in [0.29, 0.717) is 0 Å². The molecular weight excluding hydrogens is 462 g/mol. The summed E-state index contributed by atoms with van der Waals surface area (Å²) in [5.41, 5.74) is 1.83. The summed E-state index contributed by atoms with van der Waals surface area (Å²) in [5.74, 6) is 0.281. The van der Waals surface area contributed by atoms with Crippen molar-refractivity contribution >= 4 is 38.8 Å². The molecule has 4 aromatic rings. The highest BCUT2D eigenvalue weighted by Gasteiger charge is 2.19. The molecule has 1 unspecified atom stereocenters. The van der Waals surface area contributed by atoms with Gasteiger partial charge in [-0.25, -0.2) is 13.4 Å². The molecule has 33 heavy (non-hydrogen) atoms. The summed E-state index contributed by atoms with van der Waals surface area (Å²) in [7, 11) is -4.06. The molecule has 9 nitrogen and oxygen atoms in total. The molecule has 2 N–H and O–H groups in total. The highest BCUT2D eigenvalue weighted by Crippen LogP contribution is 2.27. The molecule has 2 aromatic carbocycles. The van der Waals surface area contributed by atoms with E-state index in [1.54, 1.807) is 11.3 Å². The number of nitrogens with one attached hydrogen (secondary N) is 2. The van der Waals surface area contributed by atoms with Crippen LogP contribution < -0.4 is 10.0 Å². The third-order valence-corrected chi connectivity index (χ3v) is 7.07. The van der Waals surface area contributed by atoms with Crippen LogP contribution in [0, 0.1) is 10.1 Å². The van der Waals surface area contributed by atoms with Crippen LogP contribution in [0.3, 0.4) is 0 Å². The van der Waals surface area contributed by atoms with Crippen molar-refractivity contribution in [2.24, 2.45) is 0 Å². The third-order valence-electron chi connectivity index (χ3n) is 4.80. The van der Waals surface area contributed by atoms with Gasteiger partial charge in [-0.1, -0.05) is 36.4 Å². The van der Waals surface area contributed by atoms with Gasteiger partial charge in [-0.3, -0.25) is 14.8 Å². The van der Waals surface area contributed by atoms with Crippen LogP contribution in [0.4, 0.5) is 17.5 Å². The number of benzene rings is 2. The molecule has 0 spiro atoms. The lowest BCUT2D eigenvalue weighted by atomic mass is 10.1. The maximum Gasteiger partial charge on any atom is 0.270 e. The van der Waals surface area contributed by atoms with Crippen molar-refractivity contribution in [3.8, 4) is 10.4 Å². The predicted molar refractivity (Wildman–Crippen MR) is 128 cm³/mol. The summed E-state index contributed by atoms with van der Waals surface area (Å²) in [6.45, 7) is 1.95. The number of hydrogen-bond acceptors (Lipinski definition) is 8. The second kappa shape index (κ2) is 9.35. The molecule has 1 atom stereocenters. The zero-order chi connectivity index (χ0) is 23.4. The first-order chi connectivity index (χ1) is 15.8. The monoisotopic (exact) mass is 481 g/mol. The van der Waals surface area contributed by atoms with Gasteiger partial charge in [0, 0.05) is 23.2 Å². The van der Waals surface area contributed by atoms with Crippen LogP contribution in [-0.2, 0) is 10.0 Å². The van der Waals surface area contributed by atoms with Gasteiger partial charge in [0.1, 0.15) is 5.82 Å². The Morgan fingerprint density at radius 3 is 2.55 bits per heavy atom. The number of aromatic nitrogens is 2. The van der Waals surface area contributed by atoms with Crippen LogP contribution >= 0.6 is 11.3 Å². The lowest BCUT2D eigenvalue weighted by molar-refractivity contribution is -0.385. The van der Waals surface area contributed by atoms with Gasteiger partial charge in [0.05, 0.1) is 15.9 Å². The van der Waals surface area contributed by atoms with Crippen molar-refractivity contribution in [3.05, 3.63) is 94.0 Å². The summed E-state index contributed by atoms with van der Waals surface area (Å²) in [6.07, 6.45) is 1.42. The number of thiophene rings is 1. The van der Waals surface area contributed by atoms with Gasteiger partial charge >= 0.3 is 0 Å². The van der Waals surface area contributed by atoms with Crippen molar-refractivity contribution < 1.29 is 13.3 Å². The summed E-state index contributed by atoms with van der Waals surface area (Å²) in [5, 5.41) is 16.1. The van der Waals surface area contributed by atoms with E-state index in [1.807, 2.05) is 42.6 Å². The van der Waals surface area contributed by atoms with E-state index in [1.165, 1.54) is 35.3 Å². The van der Waals surface area contributed by atoms with Crippen molar-refractivity contribution in [1.29, 1.82) is 0 Å². The molecule has 11 heteroatoms. The summed E-state index contributed by atoms with van der Waals surface area (Å²) in [4.78, 5) is 19.6. The van der Waals surface area contributed by atoms with Gasteiger partial charge in [-0.15, -0.1) is 11.3 Å². The average molecular weight is 482 g/mol. The minimum atomic E-state index is -4.06. The van der Waals surface area contributed by atoms with E-state index in [-0.39, 0.29) is 28.4 Å². The Morgan fingerprint density at radius 2 is 1.85 bits per heavy atom. The Bertz CT molecular complexity index is 1370. The molecule has 4 rings (SSSR count). The van der Waals surface area contributed by atoms with Crippen LogP contribution in [0.1, 0.15) is 18.5 Å². The number of non-ortho nitro benzene ring substituents is 1. The molecule has 0 saturated carbocycles. The fourth-order valence-electron chi connectivity index (χ4n) is 3.10. The van der Waals surface area contributed by atoms with Crippen molar-refractivity contribution in [2.45, 2.75) is 17.9 Å². The Balaban J connectivity index is 1.47.